The quantitative estimate of drug-likeness (QED) is 0.412. The first-order chi connectivity index (χ1) is 12.8. The average Bonchev–Trinajstić information content (AvgIpc) is 3.18. The zero-order chi connectivity index (χ0) is 19.5. The van der Waals surface area contributed by atoms with Gasteiger partial charge >= 0.3 is 5.97 Å². The number of nitrogens with one attached hydrogen (secondary N) is 1. The second kappa shape index (κ2) is 5.49. The van der Waals surface area contributed by atoms with E-state index in [1.54, 1.807) is 17.7 Å². The van der Waals surface area contributed by atoms with E-state index < -0.39 is 16.5 Å². The van der Waals surface area contributed by atoms with Crippen LogP contribution in [-0.2, 0) is 0 Å². The molecule has 27 heavy (non-hydrogen) atoms. The highest BCUT2D eigenvalue weighted by Gasteiger charge is 2.23. The van der Waals surface area contributed by atoms with Crippen LogP contribution >= 0.6 is 0 Å². The third-order valence-electron chi connectivity index (χ3n) is 4.38. The molecule has 0 saturated carbocycles. The zero-order valence-corrected chi connectivity index (χ0v) is 14.1. The van der Waals surface area contributed by atoms with Crippen LogP contribution < -0.4 is 5.56 Å². The molecule has 2 N–H and O–H groups in total. The molecule has 4 aromatic rings. The number of rotatable bonds is 3. The van der Waals surface area contributed by atoms with Gasteiger partial charge in [0.2, 0.25) is 5.65 Å². The largest absolute Gasteiger partial charge is 0.476 e. The van der Waals surface area contributed by atoms with Gasteiger partial charge in [-0.05, 0) is 19.9 Å². The van der Waals surface area contributed by atoms with E-state index in [0.717, 1.165) is 0 Å². The molecule has 4 rings (SSSR count). The lowest BCUT2D eigenvalue weighted by atomic mass is 10.2. The van der Waals surface area contributed by atoms with Crippen LogP contribution in [0.2, 0.25) is 0 Å². The normalized spacial score (nSPS) is 11.3. The summed E-state index contributed by atoms with van der Waals surface area (Å²) in [6.07, 6.45) is 3.09. The van der Waals surface area contributed by atoms with Gasteiger partial charge in [-0.15, -0.1) is 0 Å². The maximum Gasteiger partial charge on any atom is 0.356 e. The smallest absolute Gasteiger partial charge is 0.356 e. The number of H-pyrrole nitrogens is 1. The highest BCUT2D eigenvalue weighted by molar-refractivity contribution is 5.90. The fraction of sp³-hybridized carbons (Fsp3) is 0.125. The van der Waals surface area contributed by atoms with Crippen LogP contribution in [-0.4, -0.2) is 39.9 Å². The van der Waals surface area contributed by atoms with Gasteiger partial charge in [-0.25, -0.2) is 14.8 Å². The third-order valence-corrected chi connectivity index (χ3v) is 4.38. The first-order valence-corrected chi connectivity index (χ1v) is 7.76. The van der Waals surface area contributed by atoms with Crippen molar-refractivity contribution in [3.05, 3.63) is 62.2 Å². The van der Waals surface area contributed by atoms with Crippen LogP contribution in [0, 0.1) is 24.0 Å². The molecule has 0 saturated heterocycles. The summed E-state index contributed by atoms with van der Waals surface area (Å²) in [4.78, 5) is 45.2. The van der Waals surface area contributed by atoms with E-state index in [1.165, 1.54) is 29.7 Å². The number of benzene rings is 1. The monoisotopic (exact) mass is 368 g/mol. The van der Waals surface area contributed by atoms with Crippen LogP contribution in [0.5, 0.6) is 0 Å². The van der Waals surface area contributed by atoms with Crippen LogP contribution in [0.25, 0.3) is 22.4 Å². The maximum atomic E-state index is 12.3. The van der Waals surface area contributed by atoms with Gasteiger partial charge in [0.25, 0.3) is 11.2 Å². The Bertz CT molecular complexity index is 1330. The molecular weight excluding hydrogens is 356 g/mol. The van der Waals surface area contributed by atoms with E-state index in [1.807, 2.05) is 0 Å². The number of nitro groups is 1. The summed E-state index contributed by atoms with van der Waals surface area (Å²) in [5.74, 6) is -0.733. The minimum absolute atomic E-state index is 0.0976. The molecular formula is C16H12N6O5. The predicted octanol–water partition coefficient (Wildman–Crippen LogP) is 1.58. The lowest BCUT2D eigenvalue weighted by Gasteiger charge is -2.10. The predicted molar refractivity (Wildman–Crippen MR) is 93.5 cm³/mol. The molecule has 0 bridgehead atoms. The summed E-state index contributed by atoms with van der Waals surface area (Å²) in [5, 5.41) is 20.9. The summed E-state index contributed by atoms with van der Waals surface area (Å²) in [6.45, 7) is 3.22. The highest BCUT2D eigenvalue weighted by Crippen LogP contribution is 2.29. The molecule has 0 aliphatic carbocycles. The number of aryl methyl sites for hydroxylation is 2. The van der Waals surface area contributed by atoms with Crippen molar-refractivity contribution in [2.24, 2.45) is 0 Å². The standard InChI is InChI=1S/C16H12N6O5/c1-7-13(16(24)25)19-14-15(23)18-9-5-12(22(26)27)11(6-10(9)21(7)14)20-4-3-17-8(20)2/h3-6H,1-2H3,(H,18,23)(H,24,25). The Kier molecular flexibility index (Phi) is 3.34. The van der Waals surface area contributed by atoms with Gasteiger partial charge in [-0.1, -0.05) is 0 Å². The van der Waals surface area contributed by atoms with E-state index in [9.17, 15) is 24.8 Å². The zero-order valence-electron chi connectivity index (χ0n) is 14.1. The van der Waals surface area contributed by atoms with Crippen LogP contribution in [0.3, 0.4) is 0 Å². The summed E-state index contributed by atoms with van der Waals surface area (Å²) >= 11 is 0. The molecule has 0 amide bonds. The third kappa shape index (κ3) is 2.28. The molecule has 0 unspecified atom stereocenters. The molecule has 1 aromatic carbocycles. The first-order valence-electron chi connectivity index (χ1n) is 7.76. The number of carbonyl (C=O) groups is 1. The Morgan fingerprint density at radius 2 is 2.07 bits per heavy atom. The Hall–Kier alpha value is -4.02. The number of nitro benzene ring substituents is 1. The minimum Gasteiger partial charge on any atom is -0.476 e. The van der Waals surface area contributed by atoms with Crippen molar-refractivity contribution in [3.8, 4) is 5.69 Å². The van der Waals surface area contributed by atoms with Crippen molar-refractivity contribution >= 4 is 28.3 Å². The number of hydrogen-bond acceptors (Lipinski definition) is 6. The van der Waals surface area contributed by atoms with Crippen molar-refractivity contribution in [1.29, 1.82) is 0 Å². The molecule has 0 aliphatic heterocycles. The summed E-state index contributed by atoms with van der Waals surface area (Å²) < 4.78 is 2.93. The molecule has 3 heterocycles. The van der Waals surface area contributed by atoms with E-state index >= 15 is 0 Å². The number of carboxylic acid groups (broad SMARTS) is 1. The lowest BCUT2D eigenvalue weighted by molar-refractivity contribution is -0.384. The Morgan fingerprint density at radius 1 is 1.33 bits per heavy atom. The second-order valence-electron chi connectivity index (χ2n) is 5.92. The van der Waals surface area contributed by atoms with Gasteiger partial charge in [0.05, 0.1) is 21.7 Å². The molecule has 0 fully saturated rings. The fourth-order valence-electron chi connectivity index (χ4n) is 3.15. The van der Waals surface area contributed by atoms with Crippen molar-refractivity contribution in [2.75, 3.05) is 0 Å². The molecule has 11 heteroatoms. The number of aromatic amines is 1. The van der Waals surface area contributed by atoms with Gasteiger partial charge in [-0.2, -0.15) is 0 Å². The number of fused-ring (bicyclic) bond motifs is 3. The number of aromatic carboxylic acids is 1. The first kappa shape index (κ1) is 16.4. The minimum atomic E-state index is -1.27. The molecule has 0 atom stereocenters. The number of imidazole rings is 2. The van der Waals surface area contributed by atoms with Gasteiger partial charge in [-0.3, -0.25) is 23.9 Å². The van der Waals surface area contributed by atoms with E-state index in [2.05, 4.69) is 15.0 Å². The molecule has 3 aromatic heterocycles. The maximum absolute atomic E-state index is 12.3. The van der Waals surface area contributed by atoms with Gasteiger partial charge < -0.3 is 10.1 Å². The van der Waals surface area contributed by atoms with Crippen molar-refractivity contribution in [3.63, 3.8) is 0 Å². The van der Waals surface area contributed by atoms with Gasteiger partial charge in [0, 0.05) is 18.5 Å². The molecule has 136 valence electrons. The van der Waals surface area contributed by atoms with E-state index in [-0.39, 0.29) is 33.9 Å². The van der Waals surface area contributed by atoms with Crippen LogP contribution in [0.1, 0.15) is 22.0 Å². The topological polar surface area (TPSA) is 148 Å². The summed E-state index contributed by atoms with van der Waals surface area (Å²) in [6, 6.07) is 2.75. The lowest BCUT2D eigenvalue weighted by Crippen LogP contribution is -2.12. The molecule has 0 aliphatic rings. The van der Waals surface area contributed by atoms with Crippen molar-refractivity contribution in [2.45, 2.75) is 13.8 Å². The Labute approximate surface area is 149 Å². The van der Waals surface area contributed by atoms with E-state index in [0.29, 0.717) is 11.3 Å². The number of nitrogens with zero attached hydrogens (tertiary/aromatic N) is 5. The summed E-state index contributed by atoms with van der Waals surface area (Å²) in [5.41, 5.74) is -0.161. The highest BCUT2D eigenvalue weighted by atomic mass is 16.6. The Balaban J connectivity index is 2.21. The van der Waals surface area contributed by atoms with E-state index in [4.69, 9.17) is 0 Å². The molecule has 11 nitrogen and oxygen atoms in total. The van der Waals surface area contributed by atoms with Crippen LogP contribution in [0.4, 0.5) is 5.69 Å². The van der Waals surface area contributed by atoms with Crippen molar-refractivity contribution in [1.82, 2.24) is 23.9 Å². The van der Waals surface area contributed by atoms with Gasteiger partial charge in [0.1, 0.15) is 11.5 Å². The SMILES string of the molecule is Cc1nccn1-c1cc2c(cc1[N+](=O)[O-])[nH]c(=O)c1nc(C(=O)O)c(C)n12. The average molecular weight is 368 g/mol. The second-order valence-corrected chi connectivity index (χ2v) is 5.92. The van der Waals surface area contributed by atoms with Crippen molar-refractivity contribution < 1.29 is 14.8 Å². The van der Waals surface area contributed by atoms with Crippen LogP contribution in [0.15, 0.2) is 29.3 Å². The molecule has 0 radical (unpaired) electrons. The number of hydrogen-bond donors (Lipinski definition) is 2. The summed E-state index contributed by atoms with van der Waals surface area (Å²) in [7, 11) is 0. The number of carboxylic acids is 1. The van der Waals surface area contributed by atoms with Gasteiger partial charge in [0.15, 0.2) is 5.69 Å². The fourth-order valence-corrected chi connectivity index (χ4v) is 3.15. The Morgan fingerprint density at radius 3 is 2.67 bits per heavy atom. The number of aromatic nitrogens is 5. The molecule has 0 spiro atoms.